The first-order valence-corrected chi connectivity index (χ1v) is 11.8. The molecule has 3 aromatic rings. The number of hydrogen-bond donors (Lipinski definition) is 1. The van der Waals surface area contributed by atoms with Crippen molar-refractivity contribution in [1.29, 1.82) is 0 Å². The lowest BCUT2D eigenvalue weighted by Gasteiger charge is -2.25. The van der Waals surface area contributed by atoms with Gasteiger partial charge in [-0.05, 0) is 30.3 Å². The van der Waals surface area contributed by atoms with Gasteiger partial charge in [0.1, 0.15) is 0 Å². The normalized spacial score (nSPS) is 12.8. The first-order valence-electron chi connectivity index (χ1n) is 8.43. The summed E-state index contributed by atoms with van der Waals surface area (Å²) in [6.45, 7) is 0. The lowest BCUT2D eigenvalue weighted by Crippen LogP contribution is -2.31. The predicted octanol–water partition coefficient (Wildman–Crippen LogP) is 3.41. The third-order valence-corrected chi connectivity index (χ3v) is 7.35. The maximum atomic E-state index is 12.0. The van der Waals surface area contributed by atoms with Crippen LogP contribution in [0.25, 0.3) is 0 Å². The van der Waals surface area contributed by atoms with Gasteiger partial charge >= 0.3 is 0 Å². The number of hydrogen-bond acceptors (Lipinski definition) is 2. The second kappa shape index (κ2) is 8.59. The lowest BCUT2D eigenvalue weighted by atomic mass is 10.1. The van der Waals surface area contributed by atoms with Gasteiger partial charge in [0, 0.05) is 0 Å². The Morgan fingerprint density at radius 1 is 0.769 bits per heavy atom. The number of sulfonamides is 1. The molecule has 5 heteroatoms. The van der Waals surface area contributed by atoms with Gasteiger partial charge in [0.05, 0.1) is 12.3 Å². The van der Waals surface area contributed by atoms with Gasteiger partial charge in [-0.3, -0.25) is 0 Å². The molecule has 0 amide bonds. The number of benzene rings is 3. The van der Waals surface area contributed by atoms with Gasteiger partial charge in [0.25, 0.3) is 0 Å². The van der Waals surface area contributed by atoms with Crippen LogP contribution in [0.3, 0.4) is 0 Å². The van der Waals surface area contributed by atoms with Gasteiger partial charge in [0.2, 0.25) is 10.0 Å². The van der Waals surface area contributed by atoms with Crippen LogP contribution in [0.4, 0.5) is 0 Å². The SMILES string of the molecule is CS(=O)(=O)N[C@@H](CP(c1ccccc1)c1ccccc1)c1ccccc1. The molecule has 3 rings (SSSR count). The van der Waals surface area contributed by atoms with Crippen molar-refractivity contribution in [1.82, 2.24) is 4.72 Å². The molecule has 0 radical (unpaired) electrons. The van der Waals surface area contributed by atoms with Crippen LogP contribution in [-0.4, -0.2) is 20.8 Å². The topological polar surface area (TPSA) is 46.2 Å². The third kappa shape index (κ3) is 5.25. The molecule has 0 aliphatic heterocycles. The molecule has 0 fully saturated rings. The van der Waals surface area contributed by atoms with Crippen molar-refractivity contribution in [2.45, 2.75) is 6.04 Å². The average Bonchev–Trinajstić information content (AvgIpc) is 2.66. The molecule has 0 spiro atoms. The highest BCUT2D eigenvalue weighted by molar-refractivity contribution is 7.88. The smallest absolute Gasteiger partial charge is 0.209 e. The van der Waals surface area contributed by atoms with Crippen LogP contribution < -0.4 is 15.3 Å². The van der Waals surface area contributed by atoms with E-state index in [9.17, 15) is 8.42 Å². The van der Waals surface area contributed by atoms with E-state index in [1.54, 1.807) is 0 Å². The zero-order valence-electron chi connectivity index (χ0n) is 14.6. The zero-order chi connectivity index (χ0) is 18.4. The molecule has 0 aromatic heterocycles. The highest BCUT2D eigenvalue weighted by Crippen LogP contribution is 2.38. The van der Waals surface area contributed by atoms with Gasteiger partial charge < -0.3 is 0 Å². The van der Waals surface area contributed by atoms with Crippen LogP contribution in [0.15, 0.2) is 91.0 Å². The van der Waals surface area contributed by atoms with E-state index in [0.717, 1.165) is 5.56 Å². The molecular weight excluding hydrogens is 361 g/mol. The van der Waals surface area contributed by atoms with Crippen molar-refractivity contribution in [2.75, 3.05) is 12.4 Å². The Bertz CT molecular complexity index is 876. The van der Waals surface area contributed by atoms with Crippen LogP contribution in [0.1, 0.15) is 11.6 Å². The van der Waals surface area contributed by atoms with Crippen molar-refractivity contribution in [3.8, 4) is 0 Å². The predicted molar refractivity (Wildman–Crippen MR) is 111 cm³/mol. The van der Waals surface area contributed by atoms with E-state index in [2.05, 4.69) is 29.0 Å². The standard InChI is InChI=1S/C21H22NO2PS/c1-26(23,24)22-21(18-11-5-2-6-12-18)17-25(19-13-7-3-8-14-19)20-15-9-4-10-16-20/h2-16,21-22H,17H2,1H3/t21-/m0/s1. The van der Waals surface area contributed by atoms with Gasteiger partial charge in [-0.15, -0.1) is 0 Å². The van der Waals surface area contributed by atoms with E-state index in [4.69, 9.17) is 0 Å². The Morgan fingerprint density at radius 3 is 1.62 bits per heavy atom. The minimum atomic E-state index is -3.32. The molecule has 3 aromatic carbocycles. The van der Waals surface area contributed by atoms with Gasteiger partial charge in [-0.2, -0.15) is 0 Å². The summed E-state index contributed by atoms with van der Waals surface area (Å²) >= 11 is 0. The minimum absolute atomic E-state index is 0.266. The summed E-state index contributed by atoms with van der Waals surface area (Å²) in [5.74, 6) is 0. The van der Waals surface area contributed by atoms with E-state index in [1.165, 1.54) is 16.9 Å². The molecule has 0 bridgehead atoms. The first kappa shape index (κ1) is 18.8. The minimum Gasteiger partial charge on any atom is -0.213 e. The molecule has 0 unspecified atom stereocenters. The van der Waals surface area contributed by atoms with Crippen molar-refractivity contribution in [2.24, 2.45) is 0 Å². The highest BCUT2D eigenvalue weighted by atomic mass is 32.2. The summed E-state index contributed by atoms with van der Waals surface area (Å²) in [6.07, 6.45) is 1.93. The molecular formula is C21H22NO2PS. The van der Waals surface area contributed by atoms with Crippen LogP contribution in [-0.2, 0) is 10.0 Å². The zero-order valence-corrected chi connectivity index (χ0v) is 16.3. The van der Waals surface area contributed by atoms with Crippen LogP contribution in [0.5, 0.6) is 0 Å². The van der Waals surface area contributed by atoms with E-state index >= 15 is 0 Å². The molecule has 0 saturated carbocycles. The van der Waals surface area contributed by atoms with Crippen molar-refractivity contribution in [3.63, 3.8) is 0 Å². The second-order valence-electron chi connectivity index (χ2n) is 6.13. The van der Waals surface area contributed by atoms with Gasteiger partial charge in [0.15, 0.2) is 0 Å². The molecule has 1 atom stereocenters. The Labute approximate surface area is 156 Å². The molecule has 0 heterocycles. The maximum Gasteiger partial charge on any atom is 0.209 e. The first-order chi connectivity index (χ1) is 12.5. The molecule has 0 aliphatic carbocycles. The number of nitrogens with one attached hydrogen (secondary N) is 1. The van der Waals surface area contributed by atoms with Crippen molar-refractivity contribution >= 4 is 28.6 Å². The maximum absolute atomic E-state index is 12.0. The fraction of sp³-hybridized carbons (Fsp3) is 0.143. The second-order valence-corrected chi connectivity index (χ2v) is 10.2. The fourth-order valence-electron chi connectivity index (χ4n) is 2.91. The Kier molecular flexibility index (Phi) is 6.20. The summed E-state index contributed by atoms with van der Waals surface area (Å²) in [7, 11) is -4.01. The Hall–Kier alpha value is -2.00. The average molecular weight is 383 g/mol. The fourth-order valence-corrected chi connectivity index (χ4v) is 6.22. The van der Waals surface area contributed by atoms with Crippen LogP contribution in [0.2, 0.25) is 0 Å². The molecule has 1 N–H and O–H groups in total. The van der Waals surface area contributed by atoms with E-state index in [1.807, 2.05) is 66.7 Å². The molecule has 26 heavy (non-hydrogen) atoms. The van der Waals surface area contributed by atoms with Crippen LogP contribution >= 0.6 is 7.92 Å². The van der Waals surface area contributed by atoms with Gasteiger partial charge in [-0.1, -0.05) is 91.0 Å². The largest absolute Gasteiger partial charge is 0.213 e. The van der Waals surface area contributed by atoms with E-state index < -0.39 is 17.9 Å². The Morgan fingerprint density at radius 2 is 1.19 bits per heavy atom. The summed E-state index contributed by atoms with van der Waals surface area (Å²) in [6, 6.07) is 30.2. The molecule has 134 valence electrons. The number of rotatable bonds is 7. The van der Waals surface area contributed by atoms with Gasteiger partial charge in [-0.25, -0.2) is 13.1 Å². The summed E-state index contributed by atoms with van der Waals surface area (Å²) in [5.41, 5.74) is 0.984. The van der Waals surface area contributed by atoms with E-state index in [-0.39, 0.29) is 6.04 Å². The summed E-state index contributed by atoms with van der Waals surface area (Å²) in [5, 5.41) is 2.48. The van der Waals surface area contributed by atoms with Crippen LogP contribution in [0, 0.1) is 0 Å². The highest BCUT2D eigenvalue weighted by Gasteiger charge is 2.23. The van der Waals surface area contributed by atoms with Crippen molar-refractivity contribution in [3.05, 3.63) is 96.6 Å². The quantitative estimate of drug-likeness (QED) is 0.636. The molecule has 0 aliphatic rings. The monoisotopic (exact) mass is 383 g/mol. The summed E-state index contributed by atoms with van der Waals surface area (Å²) in [4.78, 5) is 0. The summed E-state index contributed by atoms with van der Waals surface area (Å²) < 4.78 is 26.8. The van der Waals surface area contributed by atoms with E-state index in [0.29, 0.717) is 6.16 Å². The Balaban J connectivity index is 1.99. The molecule has 0 saturated heterocycles. The molecule has 3 nitrogen and oxygen atoms in total. The third-order valence-electron chi connectivity index (χ3n) is 4.06. The van der Waals surface area contributed by atoms with Crippen molar-refractivity contribution < 1.29 is 8.42 Å². The lowest BCUT2D eigenvalue weighted by molar-refractivity contribution is 0.574.